The van der Waals surface area contributed by atoms with Crippen molar-refractivity contribution in [1.29, 1.82) is 0 Å². The molecule has 3 aromatic rings. The van der Waals surface area contributed by atoms with E-state index in [2.05, 4.69) is 20.5 Å². The fraction of sp³-hybridized carbons (Fsp3) is 0.211. The minimum absolute atomic E-state index is 0.146. The Kier molecular flexibility index (Phi) is 6.36. The molecule has 3 rings (SSSR count). The maximum absolute atomic E-state index is 12.1. The molecule has 0 spiro atoms. The molecule has 2 N–H and O–H groups in total. The lowest BCUT2D eigenvalue weighted by Crippen LogP contribution is -2.14. The number of aromatic nitrogens is 3. The van der Waals surface area contributed by atoms with E-state index in [9.17, 15) is 4.79 Å². The lowest BCUT2D eigenvalue weighted by molar-refractivity contribution is -0.113. The largest absolute Gasteiger partial charge is 0.486 e. The third-order valence-electron chi connectivity index (χ3n) is 3.68. The van der Waals surface area contributed by atoms with Gasteiger partial charge in [-0.15, -0.1) is 5.10 Å². The van der Waals surface area contributed by atoms with Gasteiger partial charge in [0.1, 0.15) is 12.4 Å². The normalized spacial score (nSPS) is 10.6. The predicted octanol–water partition coefficient (Wildman–Crippen LogP) is 4.38. The van der Waals surface area contributed by atoms with Gasteiger partial charge in [-0.2, -0.15) is 0 Å². The summed E-state index contributed by atoms with van der Waals surface area (Å²) in [6, 6.07) is 13.2. The molecular weight excluding hydrogens is 384 g/mol. The van der Waals surface area contributed by atoms with Crippen molar-refractivity contribution in [2.45, 2.75) is 25.6 Å². The molecule has 0 radical (unpaired) electrons. The second-order valence-electron chi connectivity index (χ2n) is 5.97. The summed E-state index contributed by atoms with van der Waals surface area (Å²) in [6.45, 7) is 4.20. The van der Waals surface area contributed by atoms with Crippen LogP contribution in [0.15, 0.2) is 47.6 Å². The van der Waals surface area contributed by atoms with E-state index in [1.807, 2.05) is 44.2 Å². The van der Waals surface area contributed by atoms with Crippen LogP contribution in [0.1, 0.15) is 17.0 Å². The maximum Gasteiger partial charge on any atom is 0.234 e. The van der Waals surface area contributed by atoms with Gasteiger partial charge >= 0.3 is 0 Å². The van der Waals surface area contributed by atoms with Gasteiger partial charge in [-0.3, -0.25) is 9.89 Å². The van der Waals surface area contributed by atoms with Crippen molar-refractivity contribution in [2.24, 2.45) is 0 Å². The van der Waals surface area contributed by atoms with Crippen molar-refractivity contribution in [3.8, 4) is 5.75 Å². The molecule has 0 unspecified atom stereocenters. The van der Waals surface area contributed by atoms with E-state index in [-0.39, 0.29) is 18.3 Å². The fourth-order valence-corrected chi connectivity index (χ4v) is 3.10. The number of carbonyl (C=O) groups is 1. The number of aryl methyl sites for hydroxylation is 2. The molecule has 0 saturated heterocycles. The Morgan fingerprint density at radius 2 is 2.11 bits per heavy atom. The summed E-state index contributed by atoms with van der Waals surface area (Å²) in [5.74, 6) is 1.43. The number of amides is 1. The highest BCUT2D eigenvalue weighted by molar-refractivity contribution is 7.99. The molecule has 1 amide bonds. The molecule has 6 nitrogen and oxygen atoms in total. The highest BCUT2D eigenvalue weighted by Crippen LogP contribution is 2.21. The van der Waals surface area contributed by atoms with Crippen LogP contribution in [0, 0.1) is 13.8 Å². The molecule has 0 aliphatic rings. The van der Waals surface area contributed by atoms with Crippen LogP contribution in [0.5, 0.6) is 5.75 Å². The predicted molar refractivity (Wildman–Crippen MR) is 107 cm³/mol. The van der Waals surface area contributed by atoms with Crippen LogP contribution in [-0.4, -0.2) is 26.8 Å². The topological polar surface area (TPSA) is 79.9 Å². The maximum atomic E-state index is 12.1. The number of thioether (sulfide) groups is 1. The van der Waals surface area contributed by atoms with Gasteiger partial charge in [-0.05, 0) is 49.2 Å². The Bertz CT molecular complexity index is 945. The lowest BCUT2D eigenvalue weighted by atomic mass is 10.2. The molecule has 0 atom stereocenters. The zero-order chi connectivity index (χ0) is 19.2. The third kappa shape index (κ3) is 5.74. The zero-order valence-corrected chi connectivity index (χ0v) is 16.5. The highest BCUT2D eigenvalue weighted by atomic mass is 35.5. The average molecular weight is 403 g/mol. The first-order chi connectivity index (χ1) is 13.0. The molecule has 0 aliphatic carbocycles. The van der Waals surface area contributed by atoms with Crippen LogP contribution in [0.3, 0.4) is 0 Å². The van der Waals surface area contributed by atoms with E-state index < -0.39 is 0 Å². The van der Waals surface area contributed by atoms with Crippen molar-refractivity contribution in [1.82, 2.24) is 15.2 Å². The van der Waals surface area contributed by atoms with E-state index >= 15 is 0 Å². The summed E-state index contributed by atoms with van der Waals surface area (Å²) in [4.78, 5) is 16.5. The first-order valence-electron chi connectivity index (χ1n) is 8.29. The Morgan fingerprint density at radius 3 is 2.93 bits per heavy atom. The van der Waals surface area contributed by atoms with Gasteiger partial charge in [0, 0.05) is 10.7 Å². The molecule has 8 heteroatoms. The first kappa shape index (κ1) is 19.3. The smallest absolute Gasteiger partial charge is 0.234 e. The van der Waals surface area contributed by atoms with Gasteiger partial charge in [0.25, 0.3) is 0 Å². The number of ether oxygens (including phenoxy) is 1. The van der Waals surface area contributed by atoms with Crippen LogP contribution in [0.2, 0.25) is 5.02 Å². The van der Waals surface area contributed by atoms with Crippen LogP contribution in [0.4, 0.5) is 5.69 Å². The van der Waals surface area contributed by atoms with Crippen molar-refractivity contribution in [3.05, 3.63) is 64.4 Å². The van der Waals surface area contributed by atoms with E-state index in [4.69, 9.17) is 16.3 Å². The lowest BCUT2D eigenvalue weighted by Gasteiger charge is -2.08. The molecule has 0 saturated carbocycles. The summed E-state index contributed by atoms with van der Waals surface area (Å²) in [5, 5.41) is 10.8. The number of hydrogen-bond acceptors (Lipinski definition) is 5. The summed E-state index contributed by atoms with van der Waals surface area (Å²) >= 11 is 7.21. The molecule has 140 valence electrons. The quantitative estimate of drug-likeness (QED) is 0.573. The van der Waals surface area contributed by atoms with Gasteiger partial charge in [-0.25, -0.2) is 4.98 Å². The molecule has 27 heavy (non-hydrogen) atoms. The van der Waals surface area contributed by atoms with Crippen molar-refractivity contribution >= 4 is 35.0 Å². The number of halogens is 1. The van der Waals surface area contributed by atoms with Crippen LogP contribution in [0.25, 0.3) is 0 Å². The van der Waals surface area contributed by atoms with Gasteiger partial charge in [0.15, 0.2) is 5.82 Å². The Balaban J connectivity index is 1.49. The Morgan fingerprint density at radius 1 is 1.26 bits per heavy atom. The molecular formula is C19H19ClN4O2S. The number of aromatic amines is 1. The van der Waals surface area contributed by atoms with Crippen LogP contribution in [-0.2, 0) is 11.4 Å². The minimum atomic E-state index is -0.146. The number of benzene rings is 2. The standard InChI is InChI=1S/C19H19ClN4O2S/c1-12-4-3-5-15(8-12)26-10-17-22-19(24-23-17)27-11-18(25)21-16-9-14(20)7-6-13(16)2/h3-9H,10-11H2,1-2H3,(H,21,25)(H,22,23,24). The molecule has 0 bridgehead atoms. The monoisotopic (exact) mass is 402 g/mol. The van der Waals surface area contributed by atoms with Gasteiger partial charge < -0.3 is 10.1 Å². The second kappa shape index (κ2) is 8.92. The van der Waals surface area contributed by atoms with E-state index in [0.29, 0.717) is 21.7 Å². The van der Waals surface area contributed by atoms with Crippen LogP contribution >= 0.6 is 23.4 Å². The molecule has 1 heterocycles. The SMILES string of the molecule is Cc1cccc(OCc2nc(SCC(=O)Nc3cc(Cl)ccc3C)n[nH]2)c1. The molecule has 0 fully saturated rings. The van der Waals surface area contributed by atoms with E-state index in [1.165, 1.54) is 11.8 Å². The van der Waals surface area contributed by atoms with Crippen molar-refractivity contribution in [2.75, 3.05) is 11.1 Å². The number of anilines is 1. The number of nitrogens with one attached hydrogen (secondary N) is 2. The Hall–Kier alpha value is -2.51. The minimum Gasteiger partial charge on any atom is -0.486 e. The summed E-state index contributed by atoms with van der Waals surface area (Å²) in [6.07, 6.45) is 0. The first-order valence-corrected chi connectivity index (χ1v) is 9.65. The van der Waals surface area contributed by atoms with Gasteiger partial charge in [-0.1, -0.05) is 41.6 Å². The molecule has 1 aromatic heterocycles. The Labute approximate surface area is 166 Å². The molecule has 2 aromatic carbocycles. The van der Waals surface area contributed by atoms with E-state index in [0.717, 1.165) is 16.9 Å². The summed E-state index contributed by atoms with van der Waals surface area (Å²) < 4.78 is 5.68. The van der Waals surface area contributed by atoms with Crippen molar-refractivity contribution in [3.63, 3.8) is 0 Å². The summed E-state index contributed by atoms with van der Waals surface area (Å²) in [5.41, 5.74) is 2.78. The number of rotatable bonds is 7. The summed E-state index contributed by atoms with van der Waals surface area (Å²) in [7, 11) is 0. The van der Waals surface area contributed by atoms with Gasteiger partial charge in [0.05, 0.1) is 5.75 Å². The fourth-order valence-electron chi connectivity index (χ4n) is 2.31. The van der Waals surface area contributed by atoms with Gasteiger partial charge in [0.2, 0.25) is 11.1 Å². The average Bonchev–Trinajstić information content (AvgIpc) is 3.09. The van der Waals surface area contributed by atoms with E-state index in [1.54, 1.807) is 12.1 Å². The second-order valence-corrected chi connectivity index (χ2v) is 7.34. The number of carbonyl (C=O) groups excluding carboxylic acids is 1. The zero-order valence-electron chi connectivity index (χ0n) is 15.0. The number of hydrogen-bond donors (Lipinski definition) is 2. The van der Waals surface area contributed by atoms with Crippen molar-refractivity contribution < 1.29 is 9.53 Å². The number of nitrogens with zero attached hydrogens (tertiary/aromatic N) is 2. The van der Waals surface area contributed by atoms with Crippen LogP contribution < -0.4 is 10.1 Å². The highest BCUT2D eigenvalue weighted by Gasteiger charge is 2.10. The molecule has 0 aliphatic heterocycles. The third-order valence-corrected chi connectivity index (χ3v) is 4.76. The number of H-pyrrole nitrogens is 1.